The van der Waals surface area contributed by atoms with E-state index in [1.807, 2.05) is 11.6 Å². The number of thiophene rings is 1. The van der Waals surface area contributed by atoms with Gasteiger partial charge in [-0.3, -0.25) is 4.40 Å². The monoisotopic (exact) mass is 272 g/mol. The van der Waals surface area contributed by atoms with Crippen molar-refractivity contribution >= 4 is 22.7 Å². The predicted octanol–water partition coefficient (Wildman–Crippen LogP) is 3.34. The van der Waals surface area contributed by atoms with E-state index in [-0.39, 0.29) is 5.41 Å². The van der Waals surface area contributed by atoms with Crippen molar-refractivity contribution in [1.82, 2.24) is 14.4 Å². The van der Waals surface area contributed by atoms with Crippen molar-refractivity contribution in [3.05, 3.63) is 35.0 Å². The predicted molar refractivity (Wildman–Crippen MR) is 79.4 cm³/mol. The topological polar surface area (TPSA) is 56.2 Å². The van der Waals surface area contributed by atoms with Gasteiger partial charge in [0.2, 0.25) is 0 Å². The van der Waals surface area contributed by atoms with Gasteiger partial charge < -0.3 is 5.73 Å². The summed E-state index contributed by atoms with van der Waals surface area (Å²) in [5, 5.41) is 4.13. The smallest absolute Gasteiger partial charge is 0.150 e. The number of aromatic nitrogens is 3. The molecule has 4 nitrogen and oxygen atoms in total. The first-order valence-corrected chi connectivity index (χ1v) is 7.08. The Bertz CT molecular complexity index is 720. The van der Waals surface area contributed by atoms with Crippen molar-refractivity contribution in [2.24, 2.45) is 0 Å². The van der Waals surface area contributed by atoms with Crippen LogP contribution in [-0.2, 0) is 5.41 Å². The molecule has 0 fully saturated rings. The van der Waals surface area contributed by atoms with E-state index < -0.39 is 0 Å². The van der Waals surface area contributed by atoms with Crippen LogP contribution in [0.5, 0.6) is 0 Å². The summed E-state index contributed by atoms with van der Waals surface area (Å²) >= 11 is 1.66. The van der Waals surface area contributed by atoms with E-state index in [1.165, 1.54) is 0 Å². The zero-order chi connectivity index (χ0) is 13.6. The number of hydrogen-bond acceptors (Lipinski definition) is 4. The maximum Gasteiger partial charge on any atom is 0.150 e. The van der Waals surface area contributed by atoms with Gasteiger partial charge in [0.25, 0.3) is 0 Å². The van der Waals surface area contributed by atoms with Gasteiger partial charge in [-0.2, -0.15) is 11.3 Å². The van der Waals surface area contributed by atoms with Gasteiger partial charge in [0.05, 0.1) is 0 Å². The van der Waals surface area contributed by atoms with Crippen LogP contribution in [0.4, 0.5) is 5.82 Å². The first kappa shape index (κ1) is 12.2. The highest BCUT2D eigenvalue weighted by molar-refractivity contribution is 7.08. The second-order valence-electron chi connectivity index (χ2n) is 5.58. The van der Waals surface area contributed by atoms with Crippen molar-refractivity contribution in [3.63, 3.8) is 0 Å². The molecule has 19 heavy (non-hydrogen) atoms. The number of nitrogens with zero attached hydrogens (tertiary/aromatic N) is 3. The lowest BCUT2D eigenvalue weighted by atomic mass is 9.96. The van der Waals surface area contributed by atoms with Crippen molar-refractivity contribution < 1.29 is 0 Å². The van der Waals surface area contributed by atoms with Crippen LogP contribution in [0, 0.1) is 0 Å². The summed E-state index contributed by atoms with van der Waals surface area (Å²) in [6.07, 6.45) is 3.64. The van der Waals surface area contributed by atoms with Crippen LogP contribution in [0.15, 0.2) is 29.2 Å². The number of anilines is 1. The van der Waals surface area contributed by atoms with E-state index >= 15 is 0 Å². The summed E-state index contributed by atoms with van der Waals surface area (Å²) in [5.74, 6) is 1.52. The molecule has 3 aromatic rings. The maximum atomic E-state index is 6.05. The van der Waals surface area contributed by atoms with Gasteiger partial charge in [0.1, 0.15) is 22.9 Å². The fourth-order valence-corrected chi connectivity index (χ4v) is 2.83. The van der Waals surface area contributed by atoms with Crippen molar-refractivity contribution in [2.75, 3.05) is 5.73 Å². The Morgan fingerprint density at radius 2 is 2.11 bits per heavy atom. The second-order valence-corrected chi connectivity index (χ2v) is 6.36. The Balaban J connectivity index is 2.41. The largest absolute Gasteiger partial charge is 0.382 e. The fraction of sp³-hybridized carbons (Fsp3) is 0.286. The van der Waals surface area contributed by atoms with Crippen molar-refractivity contribution in [3.8, 4) is 11.3 Å². The summed E-state index contributed by atoms with van der Waals surface area (Å²) in [5.41, 5.74) is 8.90. The molecule has 0 aliphatic heterocycles. The molecule has 0 saturated heterocycles. The zero-order valence-electron chi connectivity index (χ0n) is 11.2. The van der Waals surface area contributed by atoms with E-state index in [9.17, 15) is 0 Å². The first-order chi connectivity index (χ1) is 8.98. The molecule has 0 bridgehead atoms. The number of rotatable bonds is 1. The lowest BCUT2D eigenvalue weighted by Gasteiger charge is -2.16. The minimum atomic E-state index is -0.0506. The molecule has 0 radical (unpaired) electrons. The van der Waals surface area contributed by atoms with Crippen LogP contribution in [0.1, 0.15) is 26.6 Å². The number of fused-ring (bicyclic) bond motifs is 1. The van der Waals surface area contributed by atoms with Crippen LogP contribution >= 0.6 is 11.3 Å². The first-order valence-electron chi connectivity index (χ1n) is 6.14. The molecule has 0 aromatic carbocycles. The van der Waals surface area contributed by atoms with Crippen molar-refractivity contribution in [1.29, 1.82) is 0 Å². The molecule has 98 valence electrons. The van der Waals surface area contributed by atoms with Crippen LogP contribution in [-0.4, -0.2) is 14.4 Å². The zero-order valence-corrected chi connectivity index (χ0v) is 12.0. The van der Waals surface area contributed by atoms with Gasteiger partial charge in [-0.05, 0) is 11.4 Å². The Kier molecular flexibility index (Phi) is 2.60. The molecule has 3 rings (SSSR count). The van der Waals surface area contributed by atoms with Gasteiger partial charge >= 0.3 is 0 Å². The summed E-state index contributed by atoms with van der Waals surface area (Å²) in [6.45, 7) is 6.45. The summed E-state index contributed by atoms with van der Waals surface area (Å²) < 4.78 is 2.05. The fourth-order valence-electron chi connectivity index (χ4n) is 2.19. The van der Waals surface area contributed by atoms with Gasteiger partial charge in [-0.15, -0.1) is 0 Å². The second kappa shape index (κ2) is 4.06. The molecule has 0 aliphatic carbocycles. The summed E-state index contributed by atoms with van der Waals surface area (Å²) in [4.78, 5) is 9.01. The van der Waals surface area contributed by atoms with Crippen LogP contribution in [0.3, 0.4) is 0 Å². The lowest BCUT2D eigenvalue weighted by molar-refractivity contribution is 0.543. The molecular formula is C14H16N4S. The third-order valence-corrected chi connectivity index (χ3v) is 3.73. The Morgan fingerprint density at radius 3 is 2.74 bits per heavy atom. The Morgan fingerprint density at radius 1 is 1.32 bits per heavy atom. The molecule has 3 aromatic heterocycles. The number of nitrogens with two attached hydrogens (primary N) is 1. The van der Waals surface area contributed by atoms with Gasteiger partial charge in [-0.1, -0.05) is 20.8 Å². The van der Waals surface area contributed by atoms with E-state index in [4.69, 9.17) is 10.7 Å². The number of imidazole rings is 1. The third kappa shape index (κ3) is 1.90. The van der Waals surface area contributed by atoms with Gasteiger partial charge in [0, 0.05) is 28.8 Å². The minimum Gasteiger partial charge on any atom is -0.382 e. The number of nitrogen functional groups attached to an aromatic ring is 1. The van der Waals surface area contributed by atoms with Gasteiger partial charge in [-0.25, -0.2) is 9.97 Å². The molecule has 0 aliphatic rings. The van der Waals surface area contributed by atoms with Gasteiger partial charge in [0.15, 0.2) is 0 Å². The standard InChI is InChI=1S/C14H16N4S/c1-14(2,3)13-17-10(9-4-7-19-8-9)11-12(15)16-5-6-18(11)13/h4-8H,1-3H3,(H2,15,16). The molecule has 0 unspecified atom stereocenters. The molecule has 0 atom stereocenters. The lowest BCUT2D eigenvalue weighted by Crippen LogP contribution is -2.16. The highest BCUT2D eigenvalue weighted by Crippen LogP contribution is 2.33. The van der Waals surface area contributed by atoms with E-state index in [2.05, 4.69) is 41.6 Å². The van der Waals surface area contributed by atoms with Crippen LogP contribution < -0.4 is 5.73 Å². The van der Waals surface area contributed by atoms with Crippen molar-refractivity contribution in [2.45, 2.75) is 26.2 Å². The average molecular weight is 272 g/mol. The molecule has 0 amide bonds. The van der Waals surface area contributed by atoms with E-state index in [1.54, 1.807) is 17.5 Å². The Hall–Kier alpha value is -1.88. The maximum absolute atomic E-state index is 6.05. The minimum absolute atomic E-state index is 0.0506. The van der Waals surface area contributed by atoms with Crippen LogP contribution in [0.25, 0.3) is 16.8 Å². The quantitative estimate of drug-likeness (QED) is 0.739. The molecule has 0 spiro atoms. The summed E-state index contributed by atoms with van der Waals surface area (Å²) in [7, 11) is 0. The normalized spacial score (nSPS) is 12.2. The highest BCUT2D eigenvalue weighted by Gasteiger charge is 2.24. The van der Waals surface area contributed by atoms with E-state index in [0.29, 0.717) is 5.82 Å². The van der Waals surface area contributed by atoms with Crippen LogP contribution in [0.2, 0.25) is 0 Å². The SMILES string of the molecule is CC(C)(C)c1nc(-c2ccsc2)c2c(N)nccn12. The molecule has 2 N–H and O–H groups in total. The average Bonchev–Trinajstić information content (AvgIpc) is 2.94. The summed E-state index contributed by atoms with van der Waals surface area (Å²) in [6, 6.07) is 2.06. The number of hydrogen-bond donors (Lipinski definition) is 1. The molecule has 3 heterocycles. The molecule has 5 heteroatoms. The van der Waals surface area contributed by atoms with E-state index in [0.717, 1.165) is 22.6 Å². The highest BCUT2D eigenvalue weighted by atomic mass is 32.1. The molecule has 0 saturated carbocycles. The molecular weight excluding hydrogens is 256 g/mol. The Labute approximate surface area is 115 Å². The third-order valence-electron chi connectivity index (χ3n) is 3.05.